The first-order chi connectivity index (χ1) is 9.10. The van der Waals surface area contributed by atoms with Crippen LogP contribution in [-0.4, -0.2) is 35.7 Å². The highest BCUT2D eigenvalue weighted by Crippen LogP contribution is 2.25. The summed E-state index contributed by atoms with van der Waals surface area (Å²) in [5.41, 5.74) is -0.217. The minimum Gasteiger partial charge on any atom is -0.396 e. The zero-order valence-electron chi connectivity index (χ0n) is 11.8. The lowest BCUT2D eigenvalue weighted by molar-refractivity contribution is 0.0854. The summed E-state index contributed by atoms with van der Waals surface area (Å²) in [5.74, 6) is -0.124. The number of aliphatic hydroxyl groups excluding tert-OH is 1. The summed E-state index contributed by atoms with van der Waals surface area (Å²) in [6, 6.07) is 0. The first-order valence-electron chi connectivity index (χ1n) is 6.69. The summed E-state index contributed by atoms with van der Waals surface area (Å²) in [4.78, 5) is 16.7. The first-order valence-corrected chi connectivity index (χ1v) is 7.51. The minimum absolute atomic E-state index is 0.0889. The molecule has 0 saturated heterocycles. The van der Waals surface area contributed by atoms with E-state index in [0.717, 1.165) is 24.5 Å². The number of carbonyl (C=O) groups excluding carboxylic acids is 1. The van der Waals surface area contributed by atoms with Gasteiger partial charge >= 0.3 is 0 Å². The van der Waals surface area contributed by atoms with E-state index in [1.54, 1.807) is 6.20 Å². The Hall–Kier alpha value is -1.14. The Bertz CT molecular complexity index is 394. The van der Waals surface area contributed by atoms with E-state index >= 15 is 0 Å². The van der Waals surface area contributed by atoms with Crippen LogP contribution in [0.15, 0.2) is 6.20 Å². The van der Waals surface area contributed by atoms with Crippen LogP contribution in [0.25, 0.3) is 0 Å². The molecule has 0 aromatic carbocycles. The number of thiazole rings is 1. The van der Waals surface area contributed by atoms with Gasteiger partial charge in [0, 0.05) is 18.5 Å². The number of rotatable bonds is 8. The Morgan fingerprint density at radius 2 is 2.11 bits per heavy atom. The highest BCUT2D eigenvalue weighted by atomic mass is 32.1. The third-order valence-corrected chi connectivity index (χ3v) is 4.47. The smallest absolute Gasteiger partial charge is 0.263 e. The molecule has 5 nitrogen and oxygen atoms in total. The van der Waals surface area contributed by atoms with Crippen LogP contribution in [0, 0.1) is 5.41 Å². The van der Waals surface area contributed by atoms with E-state index in [0.29, 0.717) is 11.4 Å². The number of aliphatic hydroxyl groups is 1. The Labute approximate surface area is 118 Å². The van der Waals surface area contributed by atoms with Crippen molar-refractivity contribution in [2.24, 2.45) is 5.41 Å². The van der Waals surface area contributed by atoms with Crippen LogP contribution < -0.4 is 10.6 Å². The van der Waals surface area contributed by atoms with Gasteiger partial charge in [-0.05, 0) is 19.8 Å². The average Bonchev–Trinajstić information content (AvgIpc) is 2.90. The normalized spacial score (nSPS) is 11.4. The van der Waals surface area contributed by atoms with Gasteiger partial charge in [-0.3, -0.25) is 4.79 Å². The fourth-order valence-electron chi connectivity index (χ4n) is 1.75. The minimum atomic E-state index is -0.217. The van der Waals surface area contributed by atoms with Crippen molar-refractivity contribution in [2.45, 2.75) is 33.6 Å². The van der Waals surface area contributed by atoms with Crippen LogP contribution in [0.5, 0.6) is 0 Å². The highest BCUT2D eigenvalue weighted by Gasteiger charge is 2.26. The number of anilines is 1. The molecule has 3 N–H and O–H groups in total. The van der Waals surface area contributed by atoms with Crippen LogP contribution >= 0.6 is 11.3 Å². The molecule has 0 atom stereocenters. The molecule has 1 rings (SSSR count). The quantitative estimate of drug-likeness (QED) is 0.684. The number of nitrogens with zero attached hydrogens (tertiary/aromatic N) is 1. The third kappa shape index (κ3) is 4.18. The van der Waals surface area contributed by atoms with Crippen LogP contribution in [0.3, 0.4) is 0 Å². The van der Waals surface area contributed by atoms with Gasteiger partial charge in [0.2, 0.25) is 0 Å². The van der Waals surface area contributed by atoms with Gasteiger partial charge in [-0.25, -0.2) is 4.98 Å². The van der Waals surface area contributed by atoms with Crippen molar-refractivity contribution in [2.75, 3.05) is 25.0 Å². The van der Waals surface area contributed by atoms with Crippen molar-refractivity contribution in [3.63, 3.8) is 0 Å². The Morgan fingerprint density at radius 3 is 2.63 bits per heavy atom. The van der Waals surface area contributed by atoms with Crippen LogP contribution in [0.2, 0.25) is 0 Å². The molecule has 19 heavy (non-hydrogen) atoms. The Balaban J connectivity index is 2.58. The van der Waals surface area contributed by atoms with Gasteiger partial charge in [0.15, 0.2) is 5.13 Å². The molecule has 6 heteroatoms. The number of aromatic nitrogens is 1. The molecule has 108 valence electrons. The van der Waals surface area contributed by atoms with Gasteiger partial charge in [0.25, 0.3) is 5.91 Å². The predicted molar refractivity (Wildman–Crippen MR) is 78.7 cm³/mol. The molecule has 0 unspecified atom stereocenters. The van der Waals surface area contributed by atoms with Crippen molar-refractivity contribution in [3.8, 4) is 0 Å². The summed E-state index contributed by atoms with van der Waals surface area (Å²) >= 11 is 1.34. The van der Waals surface area contributed by atoms with E-state index < -0.39 is 0 Å². The van der Waals surface area contributed by atoms with E-state index in [1.165, 1.54) is 11.3 Å². The first kappa shape index (κ1) is 15.9. The van der Waals surface area contributed by atoms with Crippen molar-refractivity contribution in [3.05, 3.63) is 11.1 Å². The van der Waals surface area contributed by atoms with Crippen molar-refractivity contribution in [1.29, 1.82) is 0 Å². The van der Waals surface area contributed by atoms with Crippen LogP contribution in [-0.2, 0) is 0 Å². The van der Waals surface area contributed by atoms with Crippen molar-refractivity contribution in [1.82, 2.24) is 10.3 Å². The van der Waals surface area contributed by atoms with Gasteiger partial charge < -0.3 is 15.7 Å². The standard InChI is InChI=1S/C13H23N3O2S/c1-4-13(5-2,9-17)8-16-11(18)10-7-15-12(19-10)14-6-3/h7,17H,4-6,8-9H2,1-3H3,(H,14,15)(H,16,18). The molecular weight excluding hydrogens is 262 g/mol. The van der Waals surface area contributed by atoms with Gasteiger partial charge in [-0.2, -0.15) is 0 Å². The van der Waals surface area contributed by atoms with E-state index in [1.807, 2.05) is 20.8 Å². The number of amides is 1. The molecule has 1 amide bonds. The summed E-state index contributed by atoms with van der Waals surface area (Å²) in [7, 11) is 0. The van der Waals surface area contributed by atoms with Gasteiger partial charge in [-0.1, -0.05) is 25.2 Å². The van der Waals surface area contributed by atoms with E-state index in [-0.39, 0.29) is 17.9 Å². The molecule has 0 aliphatic carbocycles. The summed E-state index contributed by atoms with van der Waals surface area (Å²) in [6.07, 6.45) is 3.26. The maximum absolute atomic E-state index is 12.0. The molecule has 0 saturated carbocycles. The number of nitrogens with one attached hydrogen (secondary N) is 2. The van der Waals surface area contributed by atoms with Crippen molar-refractivity contribution >= 4 is 22.4 Å². The molecule has 0 radical (unpaired) electrons. The number of carbonyl (C=O) groups is 1. The zero-order valence-corrected chi connectivity index (χ0v) is 12.6. The fourth-order valence-corrected chi connectivity index (χ4v) is 2.55. The Morgan fingerprint density at radius 1 is 1.42 bits per heavy atom. The van der Waals surface area contributed by atoms with Crippen LogP contribution in [0.1, 0.15) is 43.3 Å². The summed E-state index contributed by atoms with van der Waals surface area (Å²) in [5, 5.41) is 16.2. The van der Waals surface area contributed by atoms with E-state index in [2.05, 4.69) is 15.6 Å². The lowest BCUT2D eigenvalue weighted by Crippen LogP contribution is -2.39. The maximum Gasteiger partial charge on any atom is 0.263 e. The maximum atomic E-state index is 12.0. The lowest BCUT2D eigenvalue weighted by Gasteiger charge is -2.29. The molecule has 0 aliphatic heterocycles. The van der Waals surface area contributed by atoms with E-state index in [4.69, 9.17) is 0 Å². The molecule has 0 bridgehead atoms. The third-order valence-electron chi connectivity index (χ3n) is 3.52. The molecule has 1 heterocycles. The average molecular weight is 285 g/mol. The SMILES string of the molecule is CCNc1ncc(C(=O)NCC(CC)(CC)CO)s1. The number of hydrogen-bond acceptors (Lipinski definition) is 5. The Kier molecular flexibility index (Phi) is 6.24. The molecule has 0 fully saturated rings. The van der Waals surface area contributed by atoms with E-state index in [9.17, 15) is 9.90 Å². The second-order valence-electron chi connectivity index (χ2n) is 4.61. The largest absolute Gasteiger partial charge is 0.396 e. The molecule has 0 aliphatic rings. The molecule has 1 aromatic heterocycles. The molecular formula is C13H23N3O2S. The fraction of sp³-hybridized carbons (Fsp3) is 0.692. The lowest BCUT2D eigenvalue weighted by atomic mass is 9.83. The molecule has 0 spiro atoms. The number of hydrogen-bond donors (Lipinski definition) is 3. The molecule has 1 aromatic rings. The predicted octanol–water partition coefficient (Wildman–Crippen LogP) is 2.10. The monoisotopic (exact) mass is 285 g/mol. The van der Waals surface area contributed by atoms with Crippen molar-refractivity contribution < 1.29 is 9.90 Å². The van der Waals surface area contributed by atoms with Gasteiger partial charge in [0.1, 0.15) is 4.88 Å². The second-order valence-corrected chi connectivity index (χ2v) is 5.64. The summed E-state index contributed by atoms with van der Waals surface area (Å²) < 4.78 is 0. The van der Waals surface area contributed by atoms with Gasteiger partial charge in [-0.15, -0.1) is 0 Å². The van der Waals surface area contributed by atoms with Crippen LogP contribution in [0.4, 0.5) is 5.13 Å². The zero-order chi connectivity index (χ0) is 14.3. The van der Waals surface area contributed by atoms with Gasteiger partial charge in [0.05, 0.1) is 12.8 Å². The second kappa shape index (κ2) is 7.45. The topological polar surface area (TPSA) is 74.2 Å². The summed E-state index contributed by atoms with van der Waals surface area (Å²) in [6.45, 7) is 7.41. The highest BCUT2D eigenvalue weighted by molar-refractivity contribution is 7.17.